The van der Waals surface area contributed by atoms with Crippen molar-refractivity contribution in [2.45, 2.75) is 19.4 Å². The first-order chi connectivity index (χ1) is 16.5. The van der Waals surface area contributed by atoms with Crippen molar-refractivity contribution in [1.82, 2.24) is 24.9 Å². The Morgan fingerprint density at radius 1 is 1.29 bits per heavy atom. The van der Waals surface area contributed by atoms with E-state index in [9.17, 15) is 4.79 Å². The molecule has 2 aromatic heterocycles. The number of amidine groups is 1. The van der Waals surface area contributed by atoms with Crippen LogP contribution < -0.4 is 9.91 Å². The minimum atomic E-state index is -0.271. The molecule has 2 aliphatic rings. The Balaban J connectivity index is 1.42. The minimum absolute atomic E-state index is 0.174. The Kier molecular flexibility index (Phi) is 6.72. The highest BCUT2D eigenvalue weighted by Crippen LogP contribution is 2.29. The summed E-state index contributed by atoms with van der Waals surface area (Å²) in [5.41, 5.74) is 1.25. The summed E-state index contributed by atoms with van der Waals surface area (Å²) >= 11 is 0. The summed E-state index contributed by atoms with van der Waals surface area (Å²) in [6, 6.07) is 5.14. The standard InChI is InChI=1S/C22H25N11O/c1-16(24-2)32(25-3)20-5-6-27-21(29-20)30-8-10-31(11-9-30)22(34)33-19(4-7-28-33)18-12-17(13-23)14-26-15-18/h5-7,12,14-15,19H,3-4,8-11H2,1-2H3. The van der Waals surface area contributed by atoms with Gasteiger partial charge in [-0.15, -0.1) is 0 Å². The Morgan fingerprint density at radius 2 is 2.09 bits per heavy atom. The van der Waals surface area contributed by atoms with Crippen molar-refractivity contribution in [3.05, 3.63) is 41.9 Å². The predicted molar refractivity (Wildman–Crippen MR) is 129 cm³/mol. The number of piperazine rings is 1. The summed E-state index contributed by atoms with van der Waals surface area (Å²) in [6.07, 6.45) is 7.15. The third kappa shape index (κ3) is 4.54. The normalized spacial score (nSPS) is 18.1. The topological polar surface area (TPSA) is 130 Å². The van der Waals surface area contributed by atoms with Gasteiger partial charge in [0.05, 0.1) is 11.6 Å². The second kappa shape index (κ2) is 10.0. The molecule has 2 amide bonds. The van der Waals surface area contributed by atoms with Crippen molar-refractivity contribution in [3.8, 4) is 6.07 Å². The van der Waals surface area contributed by atoms with Crippen molar-refractivity contribution in [1.29, 1.82) is 5.26 Å². The van der Waals surface area contributed by atoms with Crippen LogP contribution in [0.4, 0.5) is 16.6 Å². The molecule has 1 fully saturated rings. The maximum absolute atomic E-state index is 13.2. The molecule has 1 unspecified atom stereocenters. The Hall–Kier alpha value is -4.40. The molecule has 0 bridgehead atoms. The van der Waals surface area contributed by atoms with E-state index in [0.29, 0.717) is 55.8 Å². The molecular weight excluding hydrogens is 434 g/mol. The summed E-state index contributed by atoms with van der Waals surface area (Å²) in [6.45, 7) is 7.57. The van der Waals surface area contributed by atoms with Gasteiger partial charge in [0.2, 0.25) is 5.95 Å². The van der Waals surface area contributed by atoms with Crippen LogP contribution in [-0.2, 0) is 0 Å². The van der Waals surface area contributed by atoms with Crippen LogP contribution in [0.25, 0.3) is 0 Å². The molecule has 0 saturated carbocycles. The number of urea groups is 1. The molecule has 0 radical (unpaired) electrons. The van der Waals surface area contributed by atoms with E-state index in [1.165, 1.54) is 11.2 Å². The van der Waals surface area contributed by atoms with Crippen LogP contribution in [0.15, 0.2) is 45.9 Å². The van der Waals surface area contributed by atoms with Crippen LogP contribution in [0, 0.1) is 11.3 Å². The molecule has 0 aromatic carbocycles. The summed E-state index contributed by atoms with van der Waals surface area (Å²) in [4.78, 5) is 34.3. The summed E-state index contributed by atoms with van der Waals surface area (Å²) in [7, 11) is 1.68. The third-order valence-electron chi connectivity index (χ3n) is 5.75. The molecular formula is C22H25N11O. The highest BCUT2D eigenvalue weighted by molar-refractivity contribution is 5.94. The molecule has 4 heterocycles. The molecule has 2 aromatic rings. The van der Waals surface area contributed by atoms with Gasteiger partial charge in [-0.25, -0.2) is 19.8 Å². The lowest BCUT2D eigenvalue weighted by Crippen LogP contribution is -2.52. The molecule has 4 rings (SSSR count). The molecule has 0 spiro atoms. The van der Waals surface area contributed by atoms with E-state index < -0.39 is 0 Å². The molecule has 12 nitrogen and oxygen atoms in total. The Labute approximate surface area is 197 Å². The minimum Gasteiger partial charge on any atom is -0.337 e. The van der Waals surface area contributed by atoms with E-state index in [4.69, 9.17) is 5.26 Å². The van der Waals surface area contributed by atoms with E-state index in [1.807, 2.05) is 11.8 Å². The van der Waals surface area contributed by atoms with E-state index in [0.717, 1.165) is 5.56 Å². The number of nitriles is 1. The zero-order chi connectivity index (χ0) is 24.1. The summed E-state index contributed by atoms with van der Waals surface area (Å²) in [5.74, 6) is 1.79. The second-order valence-electron chi connectivity index (χ2n) is 7.71. The fraction of sp³-hybridized carbons (Fsp3) is 0.364. The lowest BCUT2D eigenvalue weighted by Gasteiger charge is -2.37. The number of rotatable bonds is 4. The number of aromatic nitrogens is 3. The maximum atomic E-state index is 13.2. The van der Waals surface area contributed by atoms with E-state index in [2.05, 4.69) is 42.9 Å². The highest BCUT2D eigenvalue weighted by atomic mass is 16.2. The molecule has 1 atom stereocenters. The SMILES string of the molecule is C=NN(C(C)=NC)c1ccnc(N2CCN(C(=O)N3N=CCC3c3cncc(C#N)c3)CC2)n1. The first kappa shape index (κ1) is 22.8. The number of aliphatic imine (C=N–C) groups is 1. The summed E-state index contributed by atoms with van der Waals surface area (Å²) < 4.78 is 0. The number of hydrogen-bond donors (Lipinski definition) is 0. The van der Waals surface area contributed by atoms with Crippen molar-refractivity contribution in [3.63, 3.8) is 0 Å². The largest absolute Gasteiger partial charge is 0.341 e. The highest BCUT2D eigenvalue weighted by Gasteiger charge is 2.33. The zero-order valence-corrected chi connectivity index (χ0v) is 19.1. The van der Waals surface area contributed by atoms with Crippen LogP contribution in [-0.4, -0.2) is 82.9 Å². The number of carbonyl (C=O) groups is 1. The number of carbonyl (C=O) groups excluding carboxylic acids is 1. The Bertz CT molecular complexity index is 1160. The molecule has 1 saturated heterocycles. The second-order valence-corrected chi connectivity index (χ2v) is 7.71. The first-order valence-electron chi connectivity index (χ1n) is 10.8. The van der Waals surface area contributed by atoms with Crippen molar-refractivity contribution in [2.75, 3.05) is 43.1 Å². The van der Waals surface area contributed by atoms with Crippen LogP contribution in [0.5, 0.6) is 0 Å². The third-order valence-corrected chi connectivity index (χ3v) is 5.75. The number of pyridine rings is 1. The van der Waals surface area contributed by atoms with Gasteiger partial charge in [-0.3, -0.25) is 9.98 Å². The molecule has 0 aliphatic carbocycles. The van der Waals surface area contributed by atoms with Crippen LogP contribution >= 0.6 is 0 Å². The number of hydrazone groups is 2. The molecule has 34 heavy (non-hydrogen) atoms. The van der Waals surface area contributed by atoms with Gasteiger partial charge in [0.15, 0.2) is 5.82 Å². The van der Waals surface area contributed by atoms with Gasteiger partial charge in [0.25, 0.3) is 0 Å². The molecule has 12 heteroatoms. The lowest BCUT2D eigenvalue weighted by atomic mass is 10.1. The van der Waals surface area contributed by atoms with Gasteiger partial charge >= 0.3 is 6.03 Å². The van der Waals surface area contributed by atoms with Gasteiger partial charge in [0.1, 0.15) is 11.9 Å². The average molecular weight is 460 g/mol. The van der Waals surface area contributed by atoms with Gasteiger partial charge in [0, 0.05) is 77.2 Å². The molecule has 174 valence electrons. The zero-order valence-electron chi connectivity index (χ0n) is 19.1. The molecule has 0 N–H and O–H groups in total. The van der Waals surface area contributed by atoms with Gasteiger partial charge in [-0.2, -0.15) is 20.4 Å². The fourth-order valence-corrected chi connectivity index (χ4v) is 3.86. The monoisotopic (exact) mass is 459 g/mol. The van der Waals surface area contributed by atoms with E-state index >= 15 is 0 Å². The first-order valence-corrected chi connectivity index (χ1v) is 10.8. The Morgan fingerprint density at radius 3 is 2.79 bits per heavy atom. The number of hydrogen-bond acceptors (Lipinski definition) is 9. The smallest absolute Gasteiger partial charge is 0.337 e. The maximum Gasteiger partial charge on any atom is 0.341 e. The lowest BCUT2D eigenvalue weighted by molar-refractivity contribution is 0.139. The van der Waals surface area contributed by atoms with Crippen LogP contribution in [0.2, 0.25) is 0 Å². The summed E-state index contributed by atoms with van der Waals surface area (Å²) in [5, 5.41) is 20.5. The van der Waals surface area contributed by atoms with Crippen LogP contribution in [0.3, 0.4) is 0 Å². The van der Waals surface area contributed by atoms with E-state index in [1.54, 1.807) is 47.7 Å². The van der Waals surface area contributed by atoms with Crippen molar-refractivity contribution in [2.24, 2.45) is 15.2 Å². The van der Waals surface area contributed by atoms with E-state index in [-0.39, 0.29) is 12.1 Å². The van der Waals surface area contributed by atoms with Gasteiger partial charge < -0.3 is 9.80 Å². The van der Waals surface area contributed by atoms with Gasteiger partial charge in [-0.1, -0.05) is 0 Å². The van der Waals surface area contributed by atoms with Crippen molar-refractivity contribution < 1.29 is 4.79 Å². The number of anilines is 2. The molecule has 2 aliphatic heterocycles. The fourth-order valence-electron chi connectivity index (χ4n) is 3.86. The van der Waals surface area contributed by atoms with Crippen molar-refractivity contribution >= 4 is 36.6 Å². The van der Waals surface area contributed by atoms with Gasteiger partial charge in [-0.05, 0) is 18.6 Å². The van der Waals surface area contributed by atoms with Crippen LogP contribution in [0.1, 0.15) is 30.5 Å². The average Bonchev–Trinajstić information content (AvgIpc) is 3.39. The number of nitrogens with zero attached hydrogens (tertiary/aromatic N) is 11. The number of amides is 2. The predicted octanol–water partition coefficient (Wildman–Crippen LogP) is 1.89. The quantitative estimate of drug-likeness (QED) is 0.388.